The summed E-state index contributed by atoms with van der Waals surface area (Å²) < 4.78 is 0. The second-order valence-corrected chi connectivity index (χ2v) is 6.18. The number of carbonyl (C=O) groups excluding carboxylic acids is 2. The Labute approximate surface area is 117 Å². The lowest BCUT2D eigenvalue weighted by atomic mass is 9.80. The van der Waals surface area contributed by atoms with Gasteiger partial charge in [0.1, 0.15) is 5.69 Å². The molecule has 1 saturated heterocycles. The third-order valence-corrected chi connectivity index (χ3v) is 4.14. The maximum atomic E-state index is 12.3. The normalized spacial score (nSPS) is 23.2. The highest BCUT2D eigenvalue weighted by molar-refractivity contribution is 7.07. The molecule has 1 fully saturated rings. The van der Waals surface area contributed by atoms with Gasteiger partial charge in [-0.25, -0.2) is 4.98 Å². The fourth-order valence-electron chi connectivity index (χ4n) is 2.61. The summed E-state index contributed by atoms with van der Waals surface area (Å²) >= 11 is 1.41. The lowest BCUT2D eigenvalue weighted by molar-refractivity contribution is -0.141. The number of amides is 2. The molecular weight excluding hydrogens is 262 g/mol. The van der Waals surface area contributed by atoms with Crippen LogP contribution in [-0.2, 0) is 4.79 Å². The minimum atomic E-state index is -0.479. The first-order chi connectivity index (χ1) is 8.94. The molecule has 0 saturated carbocycles. The zero-order valence-electron chi connectivity index (χ0n) is 11.5. The van der Waals surface area contributed by atoms with Gasteiger partial charge < -0.3 is 9.80 Å². The van der Waals surface area contributed by atoms with Gasteiger partial charge in [0.15, 0.2) is 0 Å². The number of rotatable bonds is 2. The summed E-state index contributed by atoms with van der Waals surface area (Å²) in [6.07, 6.45) is 1.68. The van der Waals surface area contributed by atoms with Crippen molar-refractivity contribution in [2.75, 3.05) is 27.2 Å². The van der Waals surface area contributed by atoms with E-state index in [0.29, 0.717) is 18.8 Å². The van der Waals surface area contributed by atoms with E-state index in [4.69, 9.17) is 0 Å². The van der Waals surface area contributed by atoms with Crippen LogP contribution in [-0.4, -0.2) is 53.8 Å². The Morgan fingerprint density at radius 2 is 2.21 bits per heavy atom. The molecule has 0 unspecified atom stereocenters. The smallest absolute Gasteiger partial charge is 0.273 e. The second-order valence-electron chi connectivity index (χ2n) is 5.46. The van der Waals surface area contributed by atoms with E-state index in [1.807, 2.05) is 6.92 Å². The summed E-state index contributed by atoms with van der Waals surface area (Å²) in [6.45, 7) is 3.11. The third-order valence-electron chi connectivity index (χ3n) is 3.56. The Kier molecular flexibility index (Phi) is 3.89. The zero-order chi connectivity index (χ0) is 14.0. The Morgan fingerprint density at radius 1 is 1.47 bits per heavy atom. The molecule has 6 heteroatoms. The molecule has 2 heterocycles. The Balaban J connectivity index is 2.13. The minimum Gasteiger partial charge on any atom is -0.348 e. The highest BCUT2D eigenvalue weighted by Gasteiger charge is 2.40. The fourth-order valence-corrected chi connectivity index (χ4v) is 3.13. The summed E-state index contributed by atoms with van der Waals surface area (Å²) in [7, 11) is 3.52. The summed E-state index contributed by atoms with van der Waals surface area (Å²) in [5.74, 6) is 0.0157. The van der Waals surface area contributed by atoms with Crippen molar-refractivity contribution >= 4 is 23.2 Å². The highest BCUT2D eigenvalue weighted by Crippen LogP contribution is 2.31. The standard InChI is InChI=1S/C13H19N3O2S/c1-13(12(18)15(2)3)5-4-6-16(8-13)11(17)10-7-19-9-14-10/h7,9H,4-6,8H2,1-3H3/t13-/m0/s1. The van der Waals surface area contributed by atoms with E-state index < -0.39 is 5.41 Å². The predicted octanol–water partition coefficient (Wildman–Crippen LogP) is 1.47. The van der Waals surface area contributed by atoms with Crippen LogP contribution in [0.1, 0.15) is 30.3 Å². The monoisotopic (exact) mass is 281 g/mol. The maximum absolute atomic E-state index is 12.3. The lowest BCUT2D eigenvalue weighted by Gasteiger charge is -2.40. The number of likely N-dealkylation sites (tertiary alicyclic amines) is 1. The van der Waals surface area contributed by atoms with Crippen LogP contribution in [0.25, 0.3) is 0 Å². The molecule has 5 nitrogen and oxygen atoms in total. The van der Waals surface area contributed by atoms with E-state index in [1.54, 1.807) is 34.8 Å². The number of aromatic nitrogens is 1. The molecule has 0 radical (unpaired) electrons. The van der Waals surface area contributed by atoms with Crippen molar-refractivity contribution < 1.29 is 9.59 Å². The summed E-state index contributed by atoms with van der Waals surface area (Å²) in [4.78, 5) is 31.9. The Hall–Kier alpha value is -1.43. The van der Waals surface area contributed by atoms with Crippen molar-refractivity contribution in [2.24, 2.45) is 5.41 Å². The van der Waals surface area contributed by atoms with Crippen molar-refractivity contribution in [1.82, 2.24) is 14.8 Å². The van der Waals surface area contributed by atoms with Crippen molar-refractivity contribution in [2.45, 2.75) is 19.8 Å². The van der Waals surface area contributed by atoms with E-state index in [9.17, 15) is 9.59 Å². The number of hydrogen-bond acceptors (Lipinski definition) is 4. The molecule has 0 aliphatic carbocycles. The van der Waals surface area contributed by atoms with Gasteiger partial charge in [0.05, 0.1) is 10.9 Å². The number of carbonyl (C=O) groups is 2. The van der Waals surface area contributed by atoms with Gasteiger partial charge in [0, 0.05) is 32.6 Å². The average Bonchev–Trinajstić information content (AvgIpc) is 2.90. The predicted molar refractivity (Wildman–Crippen MR) is 74.1 cm³/mol. The van der Waals surface area contributed by atoms with Crippen LogP contribution in [0.5, 0.6) is 0 Å². The van der Waals surface area contributed by atoms with Gasteiger partial charge in [-0.1, -0.05) is 0 Å². The average molecular weight is 281 g/mol. The van der Waals surface area contributed by atoms with E-state index in [-0.39, 0.29) is 11.8 Å². The Morgan fingerprint density at radius 3 is 2.79 bits per heavy atom. The molecule has 1 atom stereocenters. The van der Waals surface area contributed by atoms with Crippen LogP contribution < -0.4 is 0 Å². The van der Waals surface area contributed by atoms with Crippen LogP contribution in [0, 0.1) is 5.41 Å². The van der Waals surface area contributed by atoms with Gasteiger partial charge in [0.2, 0.25) is 5.91 Å². The van der Waals surface area contributed by atoms with E-state index in [2.05, 4.69) is 4.98 Å². The molecule has 1 aromatic rings. The number of hydrogen-bond donors (Lipinski definition) is 0. The van der Waals surface area contributed by atoms with Gasteiger partial charge in [-0.05, 0) is 19.8 Å². The van der Waals surface area contributed by atoms with Crippen LogP contribution in [0.15, 0.2) is 10.9 Å². The SMILES string of the molecule is CN(C)C(=O)[C@@]1(C)CCCN(C(=O)c2cscn2)C1. The fraction of sp³-hybridized carbons (Fsp3) is 0.615. The quantitative estimate of drug-likeness (QED) is 0.825. The summed E-state index contributed by atoms with van der Waals surface area (Å²) in [5.41, 5.74) is 1.65. The molecule has 2 rings (SSSR count). The van der Waals surface area contributed by atoms with Crippen LogP contribution in [0.2, 0.25) is 0 Å². The van der Waals surface area contributed by atoms with Gasteiger partial charge >= 0.3 is 0 Å². The Bertz CT molecular complexity index is 472. The second kappa shape index (κ2) is 5.28. The van der Waals surface area contributed by atoms with Gasteiger partial charge in [0.25, 0.3) is 5.91 Å². The van der Waals surface area contributed by atoms with E-state index >= 15 is 0 Å². The molecule has 2 amide bonds. The van der Waals surface area contributed by atoms with E-state index in [0.717, 1.165) is 12.8 Å². The van der Waals surface area contributed by atoms with Gasteiger partial charge in [-0.3, -0.25) is 9.59 Å². The lowest BCUT2D eigenvalue weighted by Crippen LogP contribution is -2.51. The summed E-state index contributed by atoms with van der Waals surface area (Å²) in [6, 6.07) is 0. The van der Waals surface area contributed by atoms with Crippen LogP contribution in [0.4, 0.5) is 0 Å². The van der Waals surface area contributed by atoms with Gasteiger partial charge in [-0.2, -0.15) is 0 Å². The third kappa shape index (κ3) is 2.78. The first-order valence-corrected chi connectivity index (χ1v) is 7.27. The zero-order valence-corrected chi connectivity index (χ0v) is 12.4. The minimum absolute atomic E-state index is 0.0706. The largest absolute Gasteiger partial charge is 0.348 e. The van der Waals surface area contributed by atoms with Crippen LogP contribution in [0.3, 0.4) is 0 Å². The van der Waals surface area contributed by atoms with E-state index in [1.165, 1.54) is 11.3 Å². The first-order valence-electron chi connectivity index (χ1n) is 6.33. The van der Waals surface area contributed by atoms with Crippen molar-refractivity contribution in [3.8, 4) is 0 Å². The molecule has 19 heavy (non-hydrogen) atoms. The number of nitrogens with zero attached hydrogens (tertiary/aromatic N) is 3. The number of piperidine rings is 1. The molecule has 0 bridgehead atoms. The topological polar surface area (TPSA) is 53.5 Å². The van der Waals surface area contributed by atoms with Crippen molar-refractivity contribution in [3.63, 3.8) is 0 Å². The number of thiazole rings is 1. The first kappa shape index (κ1) is 14.0. The molecule has 104 valence electrons. The van der Waals surface area contributed by atoms with Crippen LogP contribution >= 0.6 is 11.3 Å². The van der Waals surface area contributed by atoms with Crippen molar-refractivity contribution in [1.29, 1.82) is 0 Å². The molecule has 1 aliphatic rings. The van der Waals surface area contributed by atoms with Gasteiger partial charge in [-0.15, -0.1) is 11.3 Å². The van der Waals surface area contributed by atoms with Crippen molar-refractivity contribution in [3.05, 3.63) is 16.6 Å². The molecule has 0 spiro atoms. The molecule has 0 N–H and O–H groups in total. The highest BCUT2D eigenvalue weighted by atomic mass is 32.1. The summed E-state index contributed by atoms with van der Waals surface area (Å²) in [5, 5.41) is 1.75. The molecule has 0 aromatic carbocycles. The molecule has 1 aromatic heterocycles. The maximum Gasteiger partial charge on any atom is 0.273 e. The molecule has 1 aliphatic heterocycles. The molecular formula is C13H19N3O2S.